The Morgan fingerprint density at radius 3 is 2.57 bits per heavy atom. The van der Waals surface area contributed by atoms with E-state index in [9.17, 15) is 5.11 Å². The standard InChI is InChI=1S/C12H15IO/c1-2-9(14)11-10(12(11)13)8-6-4-3-5-7-8/h3-7,9-12,14H,2H2,1H3/t9-,10+,11+,12-/m0/s1. The van der Waals surface area contributed by atoms with E-state index in [4.69, 9.17) is 0 Å². The third kappa shape index (κ3) is 1.82. The molecule has 76 valence electrons. The second-order valence-electron chi connectivity index (χ2n) is 3.93. The van der Waals surface area contributed by atoms with Gasteiger partial charge < -0.3 is 5.11 Å². The molecule has 1 aliphatic rings. The molecule has 0 heterocycles. The van der Waals surface area contributed by atoms with Crippen LogP contribution in [0.15, 0.2) is 30.3 Å². The van der Waals surface area contributed by atoms with Crippen molar-refractivity contribution in [3.63, 3.8) is 0 Å². The SMILES string of the molecule is CC[C@H](O)[C@H]1[C@@H](I)[C@@H]1c1ccccc1. The van der Waals surface area contributed by atoms with E-state index in [0.717, 1.165) is 6.42 Å². The maximum Gasteiger partial charge on any atom is 0.0582 e. The summed E-state index contributed by atoms with van der Waals surface area (Å²) in [6.07, 6.45) is 0.746. The van der Waals surface area contributed by atoms with Crippen molar-refractivity contribution in [2.75, 3.05) is 0 Å². The van der Waals surface area contributed by atoms with Crippen molar-refractivity contribution in [1.82, 2.24) is 0 Å². The molecule has 14 heavy (non-hydrogen) atoms. The first-order valence-corrected chi connectivity index (χ1v) is 6.37. The molecular formula is C12H15IO. The number of aliphatic hydroxyl groups excluding tert-OH is 1. The van der Waals surface area contributed by atoms with Crippen LogP contribution >= 0.6 is 22.6 Å². The zero-order valence-corrected chi connectivity index (χ0v) is 10.4. The van der Waals surface area contributed by atoms with Crippen molar-refractivity contribution in [2.24, 2.45) is 5.92 Å². The summed E-state index contributed by atoms with van der Waals surface area (Å²) in [4.78, 5) is 0. The van der Waals surface area contributed by atoms with E-state index in [1.807, 2.05) is 6.07 Å². The molecule has 0 amide bonds. The summed E-state index contributed by atoms with van der Waals surface area (Å²) in [5.41, 5.74) is 1.38. The number of hydrogen-bond donors (Lipinski definition) is 1. The van der Waals surface area contributed by atoms with Crippen LogP contribution in [0, 0.1) is 5.92 Å². The molecule has 0 aliphatic heterocycles. The Labute approximate surface area is 98.7 Å². The number of hydrogen-bond acceptors (Lipinski definition) is 1. The highest BCUT2D eigenvalue weighted by atomic mass is 127. The van der Waals surface area contributed by atoms with Gasteiger partial charge in [-0.05, 0) is 12.0 Å². The second kappa shape index (κ2) is 4.19. The molecule has 1 aliphatic carbocycles. The minimum Gasteiger partial charge on any atom is -0.393 e. The maximum atomic E-state index is 9.80. The fraction of sp³-hybridized carbons (Fsp3) is 0.500. The highest BCUT2D eigenvalue weighted by Crippen LogP contribution is 2.55. The normalized spacial score (nSPS) is 32.6. The van der Waals surface area contributed by atoms with Crippen LogP contribution in [0.2, 0.25) is 0 Å². The van der Waals surface area contributed by atoms with Crippen molar-refractivity contribution in [1.29, 1.82) is 0 Å². The molecule has 1 aromatic carbocycles. The van der Waals surface area contributed by atoms with Crippen LogP contribution in [0.1, 0.15) is 24.8 Å². The molecule has 1 saturated carbocycles. The zero-order valence-electron chi connectivity index (χ0n) is 8.23. The van der Waals surface area contributed by atoms with Crippen molar-refractivity contribution >= 4 is 22.6 Å². The average Bonchev–Trinajstić information content (AvgIpc) is 2.90. The lowest BCUT2D eigenvalue weighted by atomic mass is 10.1. The topological polar surface area (TPSA) is 20.2 Å². The lowest BCUT2D eigenvalue weighted by Gasteiger charge is -2.05. The van der Waals surface area contributed by atoms with Gasteiger partial charge in [0.25, 0.3) is 0 Å². The first kappa shape index (κ1) is 10.4. The molecule has 1 N–H and O–H groups in total. The van der Waals surface area contributed by atoms with Gasteiger partial charge >= 0.3 is 0 Å². The maximum absolute atomic E-state index is 9.80. The smallest absolute Gasteiger partial charge is 0.0582 e. The third-order valence-corrected chi connectivity index (χ3v) is 4.64. The molecule has 0 saturated heterocycles. The van der Waals surface area contributed by atoms with E-state index in [0.29, 0.717) is 15.8 Å². The minimum atomic E-state index is -0.123. The van der Waals surface area contributed by atoms with E-state index in [2.05, 4.69) is 53.8 Å². The van der Waals surface area contributed by atoms with Gasteiger partial charge in [0.15, 0.2) is 0 Å². The number of alkyl halides is 1. The Kier molecular flexibility index (Phi) is 3.12. The summed E-state index contributed by atoms with van der Waals surface area (Å²) in [7, 11) is 0. The van der Waals surface area contributed by atoms with Gasteiger partial charge in [0.1, 0.15) is 0 Å². The Hall–Kier alpha value is -0.0900. The van der Waals surface area contributed by atoms with Crippen LogP contribution in [0.25, 0.3) is 0 Å². The molecule has 0 aromatic heterocycles. The number of rotatable bonds is 3. The predicted octanol–water partition coefficient (Wildman–Crippen LogP) is 2.97. The minimum absolute atomic E-state index is 0.123. The van der Waals surface area contributed by atoms with Gasteiger partial charge in [-0.1, -0.05) is 59.8 Å². The Morgan fingerprint density at radius 2 is 2.00 bits per heavy atom. The van der Waals surface area contributed by atoms with Crippen molar-refractivity contribution < 1.29 is 5.11 Å². The van der Waals surface area contributed by atoms with E-state index in [1.54, 1.807) is 0 Å². The van der Waals surface area contributed by atoms with Gasteiger partial charge in [-0.15, -0.1) is 0 Å². The average molecular weight is 302 g/mol. The van der Waals surface area contributed by atoms with E-state index in [-0.39, 0.29) is 6.10 Å². The molecular weight excluding hydrogens is 287 g/mol. The molecule has 1 fully saturated rings. The molecule has 0 spiro atoms. The van der Waals surface area contributed by atoms with Crippen LogP contribution < -0.4 is 0 Å². The fourth-order valence-corrected chi connectivity index (χ4v) is 3.68. The van der Waals surface area contributed by atoms with Gasteiger partial charge in [0, 0.05) is 15.8 Å². The number of halogens is 1. The Bertz CT molecular complexity index is 298. The van der Waals surface area contributed by atoms with Gasteiger partial charge in [-0.3, -0.25) is 0 Å². The lowest BCUT2D eigenvalue weighted by molar-refractivity contribution is 0.146. The Morgan fingerprint density at radius 1 is 1.36 bits per heavy atom. The van der Waals surface area contributed by atoms with Crippen LogP contribution in [-0.4, -0.2) is 15.1 Å². The van der Waals surface area contributed by atoms with Gasteiger partial charge in [0.05, 0.1) is 6.10 Å². The molecule has 0 unspecified atom stereocenters. The summed E-state index contributed by atoms with van der Waals surface area (Å²) in [6.45, 7) is 2.05. The van der Waals surface area contributed by atoms with Crippen molar-refractivity contribution in [3.05, 3.63) is 35.9 Å². The molecule has 4 atom stereocenters. The van der Waals surface area contributed by atoms with Crippen molar-refractivity contribution in [2.45, 2.75) is 29.3 Å². The largest absolute Gasteiger partial charge is 0.393 e. The van der Waals surface area contributed by atoms with Crippen LogP contribution in [0.5, 0.6) is 0 Å². The van der Waals surface area contributed by atoms with Crippen LogP contribution in [0.3, 0.4) is 0 Å². The fourth-order valence-electron chi connectivity index (χ4n) is 2.10. The highest BCUT2D eigenvalue weighted by Gasteiger charge is 2.52. The molecule has 2 heteroatoms. The molecule has 1 nitrogen and oxygen atoms in total. The summed E-state index contributed by atoms with van der Waals surface area (Å²) in [5.74, 6) is 1.05. The number of benzene rings is 1. The van der Waals surface area contributed by atoms with Gasteiger partial charge in [0.2, 0.25) is 0 Å². The second-order valence-corrected chi connectivity index (χ2v) is 5.37. The summed E-state index contributed by atoms with van der Waals surface area (Å²) in [6, 6.07) is 10.5. The van der Waals surface area contributed by atoms with Crippen LogP contribution in [0.4, 0.5) is 0 Å². The molecule has 1 aromatic rings. The zero-order chi connectivity index (χ0) is 10.1. The van der Waals surface area contributed by atoms with E-state index in [1.165, 1.54) is 5.56 Å². The van der Waals surface area contributed by atoms with Crippen molar-refractivity contribution in [3.8, 4) is 0 Å². The monoisotopic (exact) mass is 302 g/mol. The first-order valence-electron chi connectivity index (χ1n) is 5.12. The Balaban J connectivity index is 2.09. The van der Waals surface area contributed by atoms with Crippen LogP contribution in [-0.2, 0) is 0 Å². The molecule has 2 rings (SSSR count). The van der Waals surface area contributed by atoms with Gasteiger partial charge in [-0.2, -0.15) is 0 Å². The molecule has 0 radical (unpaired) electrons. The highest BCUT2D eigenvalue weighted by molar-refractivity contribution is 14.1. The predicted molar refractivity (Wildman–Crippen MR) is 66.8 cm³/mol. The lowest BCUT2D eigenvalue weighted by Crippen LogP contribution is -2.09. The molecule has 0 bridgehead atoms. The van der Waals surface area contributed by atoms with E-state index >= 15 is 0 Å². The number of aliphatic hydroxyl groups is 1. The first-order chi connectivity index (χ1) is 6.75. The third-order valence-electron chi connectivity index (χ3n) is 3.03. The van der Waals surface area contributed by atoms with E-state index < -0.39 is 0 Å². The summed E-state index contributed by atoms with van der Waals surface area (Å²) in [5, 5.41) is 9.80. The summed E-state index contributed by atoms with van der Waals surface area (Å²) < 4.78 is 0.616. The quantitative estimate of drug-likeness (QED) is 0.672. The summed E-state index contributed by atoms with van der Waals surface area (Å²) >= 11 is 2.46. The van der Waals surface area contributed by atoms with Gasteiger partial charge in [-0.25, -0.2) is 0 Å².